The zero-order chi connectivity index (χ0) is 25.4. The van der Waals surface area contributed by atoms with Gasteiger partial charge in [0.15, 0.2) is 0 Å². The summed E-state index contributed by atoms with van der Waals surface area (Å²) in [6.45, 7) is 4.02. The van der Waals surface area contributed by atoms with Gasteiger partial charge in [-0.2, -0.15) is 0 Å². The first-order valence-corrected chi connectivity index (χ1v) is 14.0. The summed E-state index contributed by atoms with van der Waals surface area (Å²) in [5.74, 6) is -1.38. The minimum atomic E-state index is -0.820. The number of aliphatic hydroxyl groups excluding tert-OH is 1. The normalized spacial score (nSPS) is 31.4. The van der Waals surface area contributed by atoms with E-state index in [9.17, 15) is 19.5 Å². The molecule has 4 aliphatic heterocycles. The Labute approximate surface area is 221 Å². The number of fused-ring (bicyclic) bond motifs is 2. The van der Waals surface area contributed by atoms with Crippen molar-refractivity contribution < 1.29 is 19.5 Å². The van der Waals surface area contributed by atoms with E-state index in [1.807, 2.05) is 42.2 Å². The van der Waals surface area contributed by atoms with Crippen LogP contribution in [0.5, 0.6) is 0 Å². The van der Waals surface area contributed by atoms with Crippen molar-refractivity contribution in [2.75, 3.05) is 37.7 Å². The van der Waals surface area contributed by atoms with Gasteiger partial charge in [0.25, 0.3) is 5.91 Å². The number of hydrogen-bond donors (Lipinski definition) is 1. The van der Waals surface area contributed by atoms with Gasteiger partial charge in [-0.3, -0.25) is 14.4 Å². The Morgan fingerprint density at radius 2 is 1.81 bits per heavy atom. The Hall–Kier alpha value is -2.29. The molecule has 0 radical (unpaired) electrons. The van der Waals surface area contributed by atoms with Crippen LogP contribution in [0, 0.1) is 11.8 Å². The third-order valence-corrected chi connectivity index (χ3v) is 9.68. The van der Waals surface area contributed by atoms with Gasteiger partial charge in [0, 0.05) is 48.7 Å². The lowest BCUT2D eigenvalue weighted by molar-refractivity contribution is -0.142. The highest BCUT2D eigenvalue weighted by atomic mass is 35.5. The second kappa shape index (κ2) is 10.2. The third-order valence-electron chi connectivity index (χ3n) is 7.68. The van der Waals surface area contributed by atoms with Crippen LogP contribution < -0.4 is 4.90 Å². The van der Waals surface area contributed by atoms with E-state index < -0.39 is 22.6 Å². The molecule has 36 heavy (non-hydrogen) atoms. The number of aliphatic hydroxyl groups is 1. The first-order chi connectivity index (χ1) is 17.4. The van der Waals surface area contributed by atoms with Crippen molar-refractivity contribution in [2.24, 2.45) is 11.8 Å². The highest BCUT2D eigenvalue weighted by Gasteiger charge is 2.70. The predicted octanol–water partition coefficient (Wildman–Crippen LogP) is 3.12. The molecule has 5 atom stereocenters. The number of hydrogen-bond acceptors (Lipinski definition) is 5. The van der Waals surface area contributed by atoms with E-state index in [1.165, 1.54) is 0 Å². The van der Waals surface area contributed by atoms with Crippen LogP contribution in [0.3, 0.4) is 0 Å². The van der Waals surface area contributed by atoms with Gasteiger partial charge in [0.05, 0.1) is 16.6 Å². The van der Waals surface area contributed by atoms with Gasteiger partial charge in [-0.1, -0.05) is 42.8 Å². The van der Waals surface area contributed by atoms with Crippen molar-refractivity contribution in [3.8, 4) is 0 Å². The van der Waals surface area contributed by atoms with E-state index in [1.54, 1.807) is 33.7 Å². The van der Waals surface area contributed by atoms with Crippen molar-refractivity contribution in [1.29, 1.82) is 0 Å². The number of halogens is 1. The molecule has 2 saturated heterocycles. The fourth-order valence-corrected chi connectivity index (χ4v) is 8.28. The second-order valence-electron chi connectivity index (χ2n) is 9.84. The average molecular weight is 530 g/mol. The van der Waals surface area contributed by atoms with E-state index in [2.05, 4.69) is 6.08 Å². The molecule has 4 aliphatic rings. The van der Waals surface area contributed by atoms with Crippen LogP contribution in [0.25, 0.3) is 0 Å². The predicted molar refractivity (Wildman–Crippen MR) is 142 cm³/mol. The molecule has 5 rings (SSSR count). The van der Waals surface area contributed by atoms with Gasteiger partial charge in [-0.05, 0) is 43.5 Å². The largest absolute Gasteiger partial charge is 0.396 e. The summed E-state index contributed by atoms with van der Waals surface area (Å²) < 4.78 is -0.820. The summed E-state index contributed by atoms with van der Waals surface area (Å²) in [5, 5.41) is 9.77. The van der Waals surface area contributed by atoms with E-state index in [0.29, 0.717) is 44.0 Å². The second-order valence-corrected chi connectivity index (χ2v) is 11.8. The quantitative estimate of drug-likeness (QED) is 0.433. The SMILES string of the molecule is CCCN1CC=C[C@@H]2S[C@]34C=CCN(c5ccc(Cl)cc5)C(=O)C3N(CCCCO)C(=O)[C@@H]4[C@@H]2C1=O. The van der Waals surface area contributed by atoms with E-state index in [-0.39, 0.29) is 29.6 Å². The fraction of sp³-hybridized carbons (Fsp3) is 0.519. The topological polar surface area (TPSA) is 81.2 Å². The molecule has 1 aromatic carbocycles. The van der Waals surface area contributed by atoms with Crippen LogP contribution >= 0.6 is 23.4 Å². The number of carbonyl (C=O) groups is 3. The molecule has 0 aliphatic carbocycles. The lowest BCUT2D eigenvalue weighted by Crippen LogP contribution is -2.53. The maximum Gasteiger partial charge on any atom is 0.251 e. The van der Waals surface area contributed by atoms with Crippen LogP contribution in [0.15, 0.2) is 48.6 Å². The van der Waals surface area contributed by atoms with E-state index in [4.69, 9.17) is 11.6 Å². The zero-order valence-electron chi connectivity index (χ0n) is 20.4. The maximum absolute atomic E-state index is 14.2. The summed E-state index contributed by atoms with van der Waals surface area (Å²) >= 11 is 7.68. The highest BCUT2D eigenvalue weighted by Crippen LogP contribution is 2.61. The van der Waals surface area contributed by atoms with Crippen LogP contribution in [0.4, 0.5) is 5.69 Å². The Bertz CT molecular complexity index is 1090. The van der Waals surface area contributed by atoms with Crippen molar-refractivity contribution in [3.05, 3.63) is 53.6 Å². The molecule has 1 unspecified atom stereocenters. The van der Waals surface area contributed by atoms with Gasteiger partial charge >= 0.3 is 0 Å². The number of nitrogens with zero attached hydrogens (tertiary/aromatic N) is 3. The van der Waals surface area contributed by atoms with Crippen LogP contribution in [0.2, 0.25) is 5.02 Å². The lowest BCUT2D eigenvalue weighted by atomic mass is 9.78. The Kier molecular flexibility index (Phi) is 7.21. The molecule has 1 N–H and O–H groups in total. The molecule has 9 heteroatoms. The lowest BCUT2D eigenvalue weighted by Gasteiger charge is -2.35. The van der Waals surface area contributed by atoms with Crippen LogP contribution in [-0.4, -0.2) is 81.5 Å². The molecule has 1 aromatic rings. The maximum atomic E-state index is 14.2. The Morgan fingerprint density at radius 1 is 1.03 bits per heavy atom. The number of rotatable bonds is 7. The Balaban J connectivity index is 1.57. The zero-order valence-corrected chi connectivity index (χ0v) is 22.0. The number of thioether (sulfide) groups is 1. The number of carbonyl (C=O) groups excluding carboxylic acids is 3. The Morgan fingerprint density at radius 3 is 2.53 bits per heavy atom. The molecule has 192 valence electrons. The fourth-order valence-electron chi connectivity index (χ4n) is 6.15. The molecule has 7 nitrogen and oxygen atoms in total. The third kappa shape index (κ3) is 4.07. The van der Waals surface area contributed by atoms with E-state index in [0.717, 1.165) is 12.1 Å². The number of likely N-dealkylation sites (tertiary alicyclic amines) is 1. The summed E-state index contributed by atoms with van der Waals surface area (Å²) in [6.07, 6.45) is 10.1. The smallest absolute Gasteiger partial charge is 0.251 e. The van der Waals surface area contributed by atoms with Gasteiger partial charge in [-0.25, -0.2) is 0 Å². The average Bonchev–Trinajstić information content (AvgIpc) is 3.18. The first kappa shape index (κ1) is 25.4. The standard InChI is InChI=1S/C27H32ClN3O4S/c1-2-13-29-14-5-7-20-21(24(29)33)22-25(34)31(15-3-4-17-32)23-26(35)30(16-6-12-27(22,23)36-20)19-10-8-18(28)9-11-19/h5-12,20-23,32H,2-4,13-17H2,1H3/t20-,21+,22-,23?,27-/m0/s1. The van der Waals surface area contributed by atoms with Crippen molar-refractivity contribution >= 4 is 46.8 Å². The summed E-state index contributed by atoms with van der Waals surface area (Å²) in [5.41, 5.74) is 0.722. The molecule has 3 amide bonds. The van der Waals surface area contributed by atoms with Crippen molar-refractivity contribution in [1.82, 2.24) is 9.80 Å². The monoisotopic (exact) mass is 529 g/mol. The minimum absolute atomic E-state index is 0.00480. The first-order valence-electron chi connectivity index (χ1n) is 12.7. The number of anilines is 1. The van der Waals surface area contributed by atoms with Crippen molar-refractivity contribution in [2.45, 2.75) is 42.2 Å². The van der Waals surface area contributed by atoms with Gasteiger partial charge in [0.1, 0.15) is 6.04 Å². The number of benzene rings is 1. The molecule has 4 heterocycles. The molecule has 0 bridgehead atoms. The molecule has 1 spiro atoms. The number of amides is 3. The van der Waals surface area contributed by atoms with Gasteiger partial charge in [0.2, 0.25) is 11.8 Å². The summed E-state index contributed by atoms with van der Waals surface area (Å²) in [4.78, 5) is 47.4. The number of unbranched alkanes of at least 4 members (excludes halogenated alkanes) is 1. The molecule has 0 saturated carbocycles. The summed E-state index contributed by atoms with van der Waals surface area (Å²) in [7, 11) is 0. The van der Waals surface area contributed by atoms with Gasteiger partial charge < -0.3 is 19.8 Å². The summed E-state index contributed by atoms with van der Waals surface area (Å²) in [6, 6.07) is 6.42. The molecule has 0 aromatic heterocycles. The molecular formula is C27H32ClN3O4S. The van der Waals surface area contributed by atoms with Gasteiger partial charge in [-0.15, -0.1) is 11.8 Å². The van der Waals surface area contributed by atoms with Crippen LogP contribution in [0.1, 0.15) is 26.2 Å². The van der Waals surface area contributed by atoms with Crippen LogP contribution in [-0.2, 0) is 14.4 Å². The van der Waals surface area contributed by atoms with E-state index >= 15 is 0 Å². The molecular weight excluding hydrogens is 498 g/mol. The van der Waals surface area contributed by atoms with Crippen molar-refractivity contribution in [3.63, 3.8) is 0 Å². The molecule has 2 fully saturated rings. The minimum Gasteiger partial charge on any atom is -0.396 e. The highest BCUT2D eigenvalue weighted by molar-refractivity contribution is 8.02.